The van der Waals surface area contributed by atoms with E-state index in [1.54, 1.807) is 24.0 Å². The average molecular weight is 300 g/mol. The van der Waals surface area contributed by atoms with Crippen LogP contribution in [0.5, 0.6) is 0 Å². The first-order valence-electron chi connectivity index (χ1n) is 5.86. The summed E-state index contributed by atoms with van der Waals surface area (Å²) in [6, 6.07) is 3.61. The second-order valence-corrected chi connectivity index (χ2v) is 6.60. The maximum atomic E-state index is 12.0. The highest BCUT2D eigenvalue weighted by atomic mass is 35.5. The molecule has 4 nitrogen and oxygen atoms in total. The second-order valence-electron chi connectivity index (χ2n) is 4.85. The summed E-state index contributed by atoms with van der Waals surface area (Å²) in [5.74, 6) is -1.01. The molecule has 0 aliphatic carbocycles. The van der Waals surface area contributed by atoms with Crippen molar-refractivity contribution in [3.05, 3.63) is 27.4 Å². The van der Waals surface area contributed by atoms with Gasteiger partial charge in [-0.2, -0.15) is 0 Å². The Bertz CT molecular complexity index is 540. The molecular formula is C13H14ClNO3S. The van der Waals surface area contributed by atoms with Crippen LogP contribution >= 0.6 is 22.9 Å². The summed E-state index contributed by atoms with van der Waals surface area (Å²) >= 11 is 7.19. The quantitative estimate of drug-likeness (QED) is 0.873. The third kappa shape index (κ3) is 3.16. The molecule has 0 bridgehead atoms. The first-order valence-corrected chi connectivity index (χ1v) is 7.06. The first kappa shape index (κ1) is 14.1. The summed E-state index contributed by atoms with van der Waals surface area (Å²) in [4.78, 5) is 25.5. The molecule has 0 radical (unpaired) electrons. The number of carbonyl (C=O) groups is 2. The van der Waals surface area contributed by atoms with Gasteiger partial charge < -0.3 is 10.0 Å². The smallest absolute Gasteiger partial charge is 0.311 e. The Kier molecular flexibility index (Phi) is 3.96. The highest BCUT2D eigenvalue weighted by Crippen LogP contribution is 2.30. The van der Waals surface area contributed by atoms with E-state index in [0.717, 1.165) is 4.88 Å². The van der Waals surface area contributed by atoms with E-state index in [4.69, 9.17) is 16.7 Å². The lowest BCUT2D eigenvalue weighted by atomic mass is 9.90. The van der Waals surface area contributed by atoms with Crippen LogP contribution in [0.4, 0.5) is 0 Å². The van der Waals surface area contributed by atoms with E-state index in [2.05, 4.69) is 0 Å². The molecule has 0 spiro atoms. The van der Waals surface area contributed by atoms with Crippen LogP contribution in [0.3, 0.4) is 0 Å². The van der Waals surface area contributed by atoms with Crippen molar-refractivity contribution >= 4 is 40.9 Å². The second kappa shape index (κ2) is 5.35. The van der Waals surface area contributed by atoms with Gasteiger partial charge in [0.05, 0.1) is 9.75 Å². The number of rotatable bonds is 3. The molecule has 2 heterocycles. The van der Waals surface area contributed by atoms with Crippen molar-refractivity contribution in [2.75, 3.05) is 13.1 Å². The number of hydrogen-bond acceptors (Lipinski definition) is 3. The molecule has 1 aromatic heterocycles. The molecule has 1 fully saturated rings. The summed E-state index contributed by atoms with van der Waals surface area (Å²) < 4.78 is 0.673. The van der Waals surface area contributed by atoms with Crippen molar-refractivity contribution in [2.24, 2.45) is 5.41 Å². The van der Waals surface area contributed by atoms with Gasteiger partial charge in [-0.25, -0.2) is 0 Å². The highest BCUT2D eigenvalue weighted by Gasteiger charge is 2.41. The van der Waals surface area contributed by atoms with Crippen molar-refractivity contribution < 1.29 is 14.7 Å². The third-order valence-corrected chi connectivity index (χ3v) is 4.48. The number of carbonyl (C=O) groups excluding carboxylic acids is 1. The summed E-state index contributed by atoms with van der Waals surface area (Å²) in [6.07, 6.45) is 3.66. The van der Waals surface area contributed by atoms with Crippen LogP contribution in [0.2, 0.25) is 4.34 Å². The lowest BCUT2D eigenvalue weighted by Gasteiger charge is -2.18. The van der Waals surface area contributed by atoms with Crippen molar-refractivity contribution in [3.63, 3.8) is 0 Å². The van der Waals surface area contributed by atoms with Gasteiger partial charge in [0, 0.05) is 24.0 Å². The number of halogens is 1. The van der Waals surface area contributed by atoms with Crippen molar-refractivity contribution in [1.29, 1.82) is 0 Å². The molecule has 1 saturated heterocycles. The van der Waals surface area contributed by atoms with Crippen LogP contribution in [0.25, 0.3) is 6.08 Å². The summed E-state index contributed by atoms with van der Waals surface area (Å²) in [6.45, 7) is 2.42. The van der Waals surface area contributed by atoms with E-state index in [1.165, 1.54) is 17.4 Å². The Labute approximate surface area is 120 Å². The Morgan fingerprint density at radius 2 is 2.26 bits per heavy atom. The Balaban J connectivity index is 1.99. The Hall–Kier alpha value is -1.33. The SMILES string of the molecule is C[C@]1(C(=O)O)CCN(C(=O)/C=C\c2ccc(Cl)s2)C1. The topological polar surface area (TPSA) is 57.6 Å². The van der Waals surface area contributed by atoms with Gasteiger partial charge in [-0.1, -0.05) is 11.6 Å². The number of carboxylic acids is 1. The molecule has 1 aliphatic heterocycles. The van der Waals surface area contributed by atoms with Crippen molar-refractivity contribution in [1.82, 2.24) is 4.90 Å². The summed E-state index contributed by atoms with van der Waals surface area (Å²) in [5.41, 5.74) is -0.824. The zero-order valence-electron chi connectivity index (χ0n) is 10.4. The van der Waals surface area contributed by atoms with Crippen LogP contribution in [-0.2, 0) is 9.59 Å². The predicted octanol–water partition coefficient (Wildman–Crippen LogP) is 2.74. The normalized spacial score (nSPS) is 23.2. The Morgan fingerprint density at radius 3 is 2.79 bits per heavy atom. The number of nitrogens with zero attached hydrogens (tertiary/aromatic N) is 1. The largest absolute Gasteiger partial charge is 0.481 e. The molecular weight excluding hydrogens is 286 g/mol. The molecule has 2 rings (SSSR count). The molecule has 0 aromatic carbocycles. The molecule has 19 heavy (non-hydrogen) atoms. The van der Waals surface area contributed by atoms with E-state index in [0.29, 0.717) is 17.3 Å². The molecule has 0 saturated carbocycles. The number of hydrogen-bond donors (Lipinski definition) is 1. The van der Waals surface area contributed by atoms with E-state index < -0.39 is 11.4 Å². The van der Waals surface area contributed by atoms with Gasteiger partial charge in [0.15, 0.2) is 0 Å². The zero-order valence-corrected chi connectivity index (χ0v) is 12.0. The lowest BCUT2D eigenvalue weighted by Crippen LogP contribution is -2.34. The molecule has 1 aromatic rings. The maximum absolute atomic E-state index is 12.0. The van der Waals surface area contributed by atoms with E-state index in [9.17, 15) is 9.59 Å². The van der Waals surface area contributed by atoms with Crippen molar-refractivity contribution in [2.45, 2.75) is 13.3 Å². The fourth-order valence-corrected chi connectivity index (χ4v) is 2.96. The van der Waals surface area contributed by atoms with Gasteiger partial charge in [-0.15, -0.1) is 11.3 Å². The third-order valence-electron chi connectivity index (χ3n) is 3.29. The van der Waals surface area contributed by atoms with Crippen LogP contribution in [0.15, 0.2) is 18.2 Å². The van der Waals surface area contributed by atoms with Gasteiger partial charge in [0.25, 0.3) is 0 Å². The number of amides is 1. The van der Waals surface area contributed by atoms with Gasteiger partial charge in [0.1, 0.15) is 0 Å². The molecule has 0 unspecified atom stereocenters. The number of likely N-dealkylation sites (tertiary alicyclic amines) is 1. The van der Waals surface area contributed by atoms with E-state index >= 15 is 0 Å². The molecule has 1 amide bonds. The number of thiophene rings is 1. The van der Waals surface area contributed by atoms with Gasteiger partial charge >= 0.3 is 5.97 Å². The van der Waals surface area contributed by atoms with Crippen LogP contribution < -0.4 is 0 Å². The predicted molar refractivity (Wildman–Crippen MR) is 75.3 cm³/mol. The number of carboxylic acid groups (broad SMARTS) is 1. The van der Waals surface area contributed by atoms with Crippen LogP contribution in [0, 0.1) is 5.41 Å². The lowest BCUT2D eigenvalue weighted by molar-refractivity contribution is -0.147. The van der Waals surface area contributed by atoms with Crippen LogP contribution in [-0.4, -0.2) is 35.0 Å². The summed E-state index contributed by atoms with van der Waals surface area (Å²) in [5, 5.41) is 9.11. The average Bonchev–Trinajstić information content (AvgIpc) is 2.94. The molecule has 1 aliphatic rings. The maximum Gasteiger partial charge on any atom is 0.311 e. The van der Waals surface area contributed by atoms with Gasteiger partial charge in [0.2, 0.25) is 5.91 Å². The molecule has 1 N–H and O–H groups in total. The molecule has 102 valence electrons. The summed E-state index contributed by atoms with van der Waals surface area (Å²) in [7, 11) is 0. The Morgan fingerprint density at radius 1 is 1.53 bits per heavy atom. The minimum atomic E-state index is -0.850. The minimum Gasteiger partial charge on any atom is -0.481 e. The highest BCUT2D eigenvalue weighted by molar-refractivity contribution is 7.17. The standard InChI is InChI=1S/C13H14ClNO3S/c1-13(12(17)18)6-7-15(8-13)11(16)5-3-9-2-4-10(14)19-9/h2-5H,6-8H2,1H3,(H,17,18)/b5-3-/t13-/m0/s1. The van der Waals surface area contributed by atoms with Gasteiger partial charge in [-0.3, -0.25) is 9.59 Å². The number of aliphatic carboxylic acids is 1. The zero-order chi connectivity index (χ0) is 14.0. The fourth-order valence-electron chi connectivity index (χ4n) is 2.00. The molecule has 1 atom stereocenters. The minimum absolute atomic E-state index is 0.158. The fraction of sp³-hybridized carbons (Fsp3) is 0.385. The van der Waals surface area contributed by atoms with Crippen LogP contribution in [0.1, 0.15) is 18.2 Å². The van der Waals surface area contributed by atoms with Crippen molar-refractivity contribution in [3.8, 4) is 0 Å². The first-order chi connectivity index (χ1) is 8.90. The molecule has 6 heteroatoms. The van der Waals surface area contributed by atoms with E-state index in [-0.39, 0.29) is 12.5 Å². The monoisotopic (exact) mass is 299 g/mol. The van der Waals surface area contributed by atoms with Gasteiger partial charge in [-0.05, 0) is 31.6 Å². The van der Waals surface area contributed by atoms with E-state index in [1.807, 2.05) is 6.07 Å².